The average Bonchev–Trinajstić information content (AvgIpc) is 2.66. The van der Waals surface area contributed by atoms with Gasteiger partial charge in [-0.1, -0.05) is 6.07 Å². The molecule has 3 aromatic rings. The van der Waals surface area contributed by atoms with Crippen LogP contribution in [0.2, 0.25) is 0 Å². The molecule has 0 saturated heterocycles. The van der Waals surface area contributed by atoms with Crippen molar-refractivity contribution >= 4 is 11.7 Å². The molecule has 0 atom stereocenters. The second kappa shape index (κ2) is 7.70. The Bertz CT molecular complexity index is 978. The highest BCUT2D eigenvalue weighted by molar-refractivity contribution is 5.91. The number of nitro groups is 1. The Hall–Kier alpha value is -3.67. The third kappa shape index (κ3) is 4.49. The topological polar surface area (TPSA) is 78.7 Å². The maximum absolute atomic E-state index is 12.3. The average molecular weight is 363 g/mol. The first-order valence-corrected chi connectivity index (χ1v) is 8.24. The molecule has 0 aromatic heterocycles. The second-order valence-electron chi connectivity index (χ2n) is 6.01. The number of ether oxygens (including phenoxy) is 2. The van der Waals surface area contributed by atoms with Crippen LogP contribution in [0.1, 0.15) is 21.5 Å². The molecule has 0 N–H and O–H groups in total. The molecule has 0 amide bonds. The molecule has 0 bridgehead atoms. The Kier molecular flexibility index (Phi) is 5.17. The molecule has 136 valence electrons. The molecule has 0 unspecified atom stereocenters. The predicted octanol–water partition coefficient (Wildman–Crippen LogP) is 5.22. The van der Waals surface area contributed by atoms with Gasteiger partial charge in [0, 0.05) is 12.1 Å². The van der Waals surface area contributed by atoms with Crippen LogP contribution in [0.5, 0.6) is 17.2 Å². The number of nitrogens with zero attached hydrogens (tertiary/aromatic N) is 1. The number of carbonyl (C=O) groups is 1. The molecule has 0 spiro atoms. The molecule has 6 nitrogen and oxygen atoms in total. The Balaban J connectivity index is 1.66. The lowest BCUT2D eigenvalue weighted by Gasteiger charge is -2.08. The minimum atomic E-state index is -0.472. The summed E-state index contributed by atoms with van der Waals surface area (Å²) < 4.78 is 11.0. The zero-order valence-corrected chi connectivity index (χ0v) is 14.8. The molecule has 0 aliphatic heterocycles. The van der Waals surface area contributed by atoms with E-state index in [2.05, 4.69) is 0 Å². The first-order valence-electron chi connectivity index (χ1n) is 8.24. The fraction of sp³-hybridized carbons (Fsp3) is 0.0952. The van der Waals surface area contributed by atoms with Gasteiger partial charge in [0.05, 0.1) is 10.5 Å². The smallest absolute Gasteiger partial charge is 0.343 e. The number of rotatable bonds is 5. The molecule has 3 rings (SSSR count). The monoisotopic (exact) mass is 363 g/mol. The van der Waals surface area contributed by atoms with Gasteiger partial charge in [-0.25, -0.2) is 4.79 Å². The van der Waals surface area contributed by atoms with Crippen molar-refractivity contribution in [1.29, 1.82) is 0 Å². The number of hydrogen-bond acceptors (Lipinski definition) is 5. The van der Waals surface area contributed by atoms with Crippen LogP contribution in [-0.4, -0.2) is 10.9 Å². The second-order valence-corrected chi connectivity index (χ2v) is 6.01. The molecule has 0 radical (unpaired) electrons. The largest absolute Gasteiger partial charge is 0.457 e. The summed E-state index contributed by atoms with van der Waals surface area (Å²) in [6.45, 7) is 3.95. The van der Waals surface area contributed by atoms with E-state index in [4.69, 9.17) is 9.47 Å². The maximum atomic E-state index is 12.3. The molecular formula is C21H17NO5. The van der Waals surface area contributed by atoms with E-state index >= 15 is 0 Å². The standard InChI is InChI=1S/C21H17NO5/c1-14-3-8-20(13-15(14)2)27-21(23)16-4-9-18(10-5-16)26-19-11-6-17(7-12-19)22(24)25/h3-13H,1-2H3. The normalized spacial score (nSPS) is 10.3. The number of carbonyl (C=O) groups excluding carboxylic acids is 1. The summed E-state index contributed by atoms with van der Waals surface area (Å²) in [4.78, 5) is 22.4. The third-order valence-corrected chi connectivity index (χ3v) is 4.06. The molecule has 0 aliphatic rings. The van der Waals surface area contributed by atoms with E-state index in [1.165, 1.54) is 24.3 Å². The molecule has 27 heavy (non-hydrogen) atoms. The highest BCUT2D eigenvalue weighted by atomic mass is 16.6. The lowest BCUT2D eigenvalue weighted by molar-refractivity contribution is -0.384. The Morgan fingerprint density at radius 3 is 1.93 bits per heavy atom. The van der Waals surface area contributed by atoms with Gasteiger partial charge in [-0.3, -0.25) is 10.1 Å². The quantitative estimate of drug-likeness (QED) is 0.269. The molecule has 0 heterocycles. The van der Waals surface area contributed by atoms with Crippen molar-refractivity contribution < 1.29 is 19.2 Å². The van der Waals surface area contributed by atoms with Gasteiger partial charge in [-0.15, -0.1) is 0 Å². The maximum Gasteiger partial charge on any atom is 0.343 e. The number of non-ortho nitro benzene ring substituents is 1. The van der Waals surface area contributed by atoms with Crippen LogP contribution in [0.3, 0.4) is 0 Å². The van der Waals surface area contributed by atoms with Gasteiger partial charge in [0.25, 0.3) is 5.69 Å². The number of nitro benzene ring substituents is 1. The van der Waals surface area contributed by atoms with Crippen molar-refractivity contribution in [3.8, 4) is 17.2 Å². The van der Waals surface area contributed by atoms with Crippen LogP contribution in [0, 0.1) is 24.0 Å². The predicted molar refractivity (Wildman–Crippen MR) is 100 cm³/mol. The molecule has 6 heteroatoms. The zero-order valence-electron chi connectivity index (χ0n) is 14.8. The summed E-state index contributed by atoms with van der Waals surface area (Å²) in [7, 11) is 0. The van der Waals surface area contributed by atoms with E-state index in [-0.39, 0.29) is 5.69 Å². The lowest BCUT2D eigenvalue weighted by Crippen LogP contribution is -2.08. The van der Waals surface area contributed by atoms with Crippen LogP contribution in [0.4, 0.5) is 5.69 Å². The summed E-state index contributed by atoms with van der Waals surface area (Å²) >= 11 is 0. The van der Waals surface area contributed by atoms with Gasteiger partial charge in [-0.05, 0) is 73.5 Å². The lowest BCUT2D eigenvalue weighted by atomic mass is 10.1. The summed E-state index contributed by atoms with van der Waals surface area (Å²) in [5.74, 6) is 1.01. The number of hydrogen-bond donors (Lipinski definition) is 0. The van der Waals surface area contributed by atoms with Gasteiger partial charge in [0.1, 0.15) is 17.2 Å². The first-order chi connectivity index (χ1) is 12.9. The molecule has 0 aliphatic carbocycles. The fourth-order valence-corrected chi connectivity index (χ4v) is 2.37. The van der Waals surface area contributed by atoms with E-state index in [9.17, 15) is 14.9 Å². The van der Waals surface area contributed by atoms with Gasteiger partial charge in [-0.2, -0.15) is 0 Å². The third-order valence-electron chi connectivity index (χ3n) is 4.06. The van der Waals surface area contributed by atoms with E-state index in [1.807, 2.05) is 26.0 Å². The van der Waals surface area contributed by atoms with Gasteiger partial charge < -0.3 is 9.47 Å². The van der Waals surface area contributed by atoms with E-state index < -0.39 is 10.9 Å². The summed E-state index contributed by atoms with van der Waals surface area (Å²) in [5.41, 5.74) is 2.56. The van der Waals surface area contributed by atoms with Crippen LogP contribution in [0.25, 0.3) is 0 Å². The van der Waals surface area contributed by atoms with Crippen LogP contribution in [0.15, 0.2) is 66.7 Å². The Labute approximate surface area is 156 Å². The molecular weight excluding hydrogens is 346 g/mol. The fourth-order valence-electron chi connectivity index (χ4n) is 2.37. The highest BCUT2D eigenvalue weighted by Crippen LogP contribution is 2.24. The van der Waals surface area contributed by atoms with E-state index in [0.29, 0.717) is 22.8 Å². The molecule has 0 saturated carbocycles. The van der Waals surface area contributed by atoms with Crippen LogP contribution < -0.4 is 9.47 Å². The summed E-state index contributed by atoms with van der Waals surface area (Å²) in [6, 6.07) is 17.7. The molecule has 0 fully saturated rings. The van der Waals surface area contributed by atoms with Crippen molar-refractivity contribution in [2.75, 3.05) is 0 Å². The van der Waals surface area contributed by atoms with Gasteiger partial charge >= 0.3 is 5.97 Å². The number of esters is 1. The number of aryl methyl sites for hydroxylation is 2. The van der Waals surface area contributed by atoms with E-state index in [1.54, 1.807) is 30.3 Å². The van der Waals surface area contributed by atoms with Gasteiger partial charge in [0.15, 0.2) is 0 Å². The summed E-state index contributed by atoms with van der Waals surface area (Å²) in [6.07, 6.45) is 0. The van der Waals surface area contributed by atoms with Crippen molar-refractivity contribution in [3.05, 3.63) is 93.5 Å². The van der Waals surface area contributed by atoms with Crippen LogP contribution >= 0.6 is 0 Å². The SMILES string of the molecule is Cc1ccc(OC(=O)c2ccc(Oc3ccc([N+](=O)[O-])cc3)cc2)cc1C. The minimum Gasteiger partial charge on any atom is -0.457 e. The first kappa shape index (κ1) is 18.1. The summed E-state index contributed by atoms with van der Waals surface area (Å²) in [5, 5.41) is 10.7. The van der Waals surface area contributed by atoms with Crippen LogP contribution in [-0.2, 0) is 0 Å². The zero-order chi connectivity index (χ0) is 19.4. The van der Waals surface area contributed by atoms with Crippen molar-refractivity contribution in [3.63, 3.8) is 0 Å². The van der Waals surface area contributed by atoms with E-state index in [0.717, 1.165) is 11.1 Å². The molecule has 3 aromatic carbocycles. The Morgan fingerprint density at radius 1 is 0.815 bits per heavy atom. The Morgan fingerprint density at radius 2 is 1.37 bits per heavy atom. The minimum absolute atomic E-state index is 0.00761. The number of benzene rings is 3. The van der Waals surface area contributed by atoms with Crippen molar-refractivity contribution in [2.45, 2.75) is 13.8 Å². The van der Waals surface area contributed by atoms with Crippen molar-refractivity contribution in [1.82, 2.24) is 0 Å². The van der Waals surface area contributed by atoms with Gasteiger partial charge in [0.2, 0.25) is 0 Å². The van der Waals surface area contributed by atoms with Crippen molar-refractivity contribution in [2.24, 2.45) is 0 Å². The highest BCUT2D eigenvalue weighted by Gasteiger charge is 2.10.